The maximum atomic E-state index is 11.6. The van der Waals surface area contributed by atoms with E-state index >= 15 is 0 Å². The first-order valence-corrected chi connectivity index (χ1v) is 5.69. The van der Waals surface area contributed by atoms with Crippen LogP contribution in [0.3, 0.4) is 0 Å². The van der Waals surface area contributed by atoms with Gasteiger partial charge in [-0.1, -0.05) is 25.7 Å². The maximum Gasteiger partial charge on any atom is 0.246 e. The van der Waals surface area contributed by atoms with Crippen molar-refractivity contribution in [3.05, 3.63) is 0 Å². The molecule has 0 spiro atoms. The first kappa shape index (κ1) is 12.5. The molecule has 1 aliphatic rings. The third-order valence-corrected chi connectivity index (χ3v) is 3.43. The summed E-state index contributed by atoms with van der Waals surface area (Å²) < 4.78 is 0. The Morgan fingerprint density at radius 2 is 2.13 bits per heavy atom. The third-order valence-electron chi connectivity index (χ3n) is 3.43. The van der Waals surface area contributed by atoms with Crippen molar-refractivity contribution in [1.29, 1.82) is 0 Å². The number of carbonyl (C=O) groups excluding carboxylic acids is 1. The van der Waals surface area contributed by atoms with Gasteiger partial charge in [0.15, 0.2) is 0 Å². The van der Waals surface area contributed by atoms with Gasteiger partial charge in [-0.15, -0.1) is 0 Å². The molecule has 1 aliphatic carbocycles. The molecule has 0 radical (unpaired) electrons. The molecule has 15 heavy (non-hydrogen) atoms. The number of nitrogens with zero attached hydrogens (tertiary/aromatic N) is 1. The summed E-state index contributed by atoms with van der Waals surface area (Å²) >= 11 is 0. The van der Waals surface area contributed by atoms with E-state index in [0.717, 1.165) is 0 Å². The van der Waals surface area contributed by atoms with Crippen LogP contribution in [0.15, 0.2) is 0 Å². The molecule has 2 N–H and O–H groups in total. The fourth-order valence-corrected chi connectivity index (χ4v) is 2.33. The molecule has 1 atom stereocenters. The van der Waals surface area contributed by atoms with Gasteiger partial charge in [-0.3, -0.25) is 9.63 Å². The van der Waals surface area contributed by atoms with E-state index in [4.69, 9.17) is 10.6 Å². The fourth-order valence-electron chi connectivity index (χ4n) is 2.33. The molecule has 88 valence electrons. The highest BCUT2D eigenvalue weighted by atomic mass is 16.7. The Morgan fingerprint density at radius 1 is 1.53 bits per heavy atom. The average molecular weight is 214 g/mol. The molecule has 1 fully saturated rings. The van der Waals surface area contributed by atoms with Crippen molar-refractivity contribution < 1.29 is 9.63 Å². The summed E-state index contributed by atoms with van der Waals surface area (Å²) in [4.78, 5) is 16.5. The van der Waals surface area contributed by atoms with Crippen LogP contribution in [0.25, 0.3) is 0 Å². The van der Waals surface area contributed by atoms with Crippen LogP contribution in [0.4, 0.5) is 0 Å². The summed E-state index contributed by atoms with van der Waals surface area (Å²) in [6.45, 7) is 0.605. The van der Waals surface area contributed by atoms with Gasteiger partial charge in [-0.25, -0.2) is 5.06 Å². The van der Waals surface area contributed by atoms with Crippen LogP contribution in [-0.4, -0.2) is 31.7 Å². The van der Waals surface area contributed by atoms with Crippen LogP contribution in [0.2, 0.25) is 0 Å². The van der Waals surface area contributed by atoms with Crippen molar-refractivity contribution in [2.75, 3.05) is 20.7 Å². The van der Waals surface area contributed by atoms with Gasteiger partial charge in [0.2, 0.25) is 5.91 Å². The normalized spacial score (nSPS) is 19.1. The minimum absolute atomic E-state index is 0.0276. The second-order valence-corrected chi connectivity index (χ2v) is 4.32. The van der Waals surface area contributed by atoms with Crippen molar-refractivity contribution in [3.8, 4) is 0 Å². The largest absolute Gasteiger partial charge is 0.330 e. The lowest BCUT2D eigenvalue weighted by atomic mass is 9.88. The second kappa shape index (κ2) is 6.08. The fraction of sp³-hybridized carbons (Fsp3) is 0.909. The molecule has 0 aromatic carbocycles. The molecule has 1 amide bonds. The van der Waals surface area contributed by atoms with Gasteiger partial charge in [-0.2, -0.15) is 0 Å². The second-order valence-electron chi connectivity index (χ2n) is 4.32. The molecular formula is C11H22N2O2. The van der Waals surface area contributed by atoms with Crippen molar-refractivity contribution in [2.24, 2.45) is 17.6 Å². The zero-order valence-electron chi connectivity index (χ0n) is 9.74. The number of rotatable bonds is 5. The number of hydroxylamine groups is 2. The Bertz CT molecular complexity index is 203. The van der Waals surface area contributed by atoms with Crippen LogP contribution in [0, 0.1) is 11.8 Å². The Morgan fingerprint density at radius 3 is 2.60 bits per heavy atom. The topological polar surface area (TPSA) is 55.6 Å². The Hall–Kier alpha value is -0.610. The number of nitrogens with two attached hydrogens (primary N) is 1. The van der Waals surface area contributed by atoms with Crippen LogP contribution >= 0.6 is 0 Å². The van der Waals surface area contributed by atoms with E-state index in [1.54, 1.807) is 7.05 Å². The third kappa shape index (κ3) is 3.47. The average Bonchev–Trinajstić information content (AvgIpc) is 2.77. The Labute approximate surface area is 91.7 Å². The standard InChI is InChI=1S/C11H22N2O2/c1-13(15-2)11(14)7-10(8-12)9-5-3-4-6-9/h9-10H,3-8,12H2,1-2H3/t10-/m0/s1. The first-order valence-electron chi connectivity index (χ1n) is 5.69. The highest BCUT2D eigenvalue weighted by Crippen LogP contribution is 2.32. The summed E-state index contributed by atoms with van der Waals surface area (Å²) in [5.74, 6) is 1.00. The molecule has 0 aliphatic heterocycles. The van der Waals surface area contributed by atoms with Gasteiger partial charge >= 0.3 is 0 Å². The quantitative estimate of drug-likeness (QED) is 0.699. The van der Waals surface area contributed by atoms with Crippen molar-refractivity contribution in [3.63, 3.8) is 0 Å². The summed E-state index contributed by atoms with van der Waals surface area (Å²) in [5.41, 5.74) is 5.73. The van der Waals surface area contributed by atoms with Crippen LogP contribution in [-0.2, 0) is 9.63 Å². The highest BCUT2D eigenvalue weighted by Gasteiger charge is 2.26. The van der Waals surface area contributed by atoms with Gasteiger partial charge in [0.25, 0.3) is 0 Å². The predicted octanol–water partition coefficient (Wildman–Crippen LogP) is 1.16. The molecule has 1 saturated carbocycles. The Kier molecular flexibility index (Phi) is 5.05. The monoisotopic (exact) mass is 214 g/mol. The van der Waals surface area contributed by atoms with Crippen LogP contribution < -0.4 is 5.73 Å². The van der Waals surface area contributed by atoms with E-state index in [1.807, 2.05) is 0 Å². The predicted molar refractivity (Wildman–Crippen MR) is 58.9 cm³/mol. The van der Waals surface area contributed by atoms with Crippen LogP contribution in [0.5, 0.6) is 0 Å². The van der Waals surface area contributed by atoms with Crippen molar-refractivity contribution in [1.82, 2.24) is 5.06 Å². The van der Waals surface area contributed by atoms with Crippen molar-refractivity contribution in [2.45, 2.75) is 32.1 Å². The molecule has 4 heteroatoms. The van der Waals surface area contributed by atoms with Crippen molar-refractivity contribution >= 4 is 5.91 Å². The summed E-state index contributed by atoms with van der Waals surface area (Å²) in [5, 5.41) is 1.29. The molecule has 0 saturated heterocycles. The van der Waals surface area contributed by atoms with E-state index in [2.05, 4.69) is 0 Å². The minimum Gasteiger partial charge on any atom is -0.330 e. The van der Waals surface area contributed by atoms with Gasteiger partial charge in [0.1, 0.15) is 0 Å². The number of amides is 1. The summed E-state index contributed by atoms with van der Waals surface area (Å²) in [6.07, 6.45) is 5.55. The lowest BCUT2D eigenvalue weighted by Crippen LogP contribution is -2.32. The summed E-state index contributed by atoms with van der Waals surface area (Å²) in [6, 6.07) is 0. The molecule has 0 heterocycles. The molecule has 0 bridgehead atoms. The lowest BCUT2D eigenvalue weighted by molar-refractivity contribution is -0.170. The van der Waals surface area contributed by atoms with E-state index in [1.165, 1.54) is 37.9 Å². The molecule has 0 aromatic heterocycles. The zero-order valence-corrected chi connectivity index (χ0v) is 9.74. The van der Waals surface area contributed by atoms with E-state index < -0.39 is 0 Å². The maximum absolute atomic E-state index is 11.6. The van der Waals surface area contributed by atoms with Crippen LogP contribution in [0.1, 0.15) is 32.1 Å². The molecular weight excluding hydrogens is 192 g/mol. The van der Waals surface area contributed by atoms with Gasteiger partial charge in [0.05, 0.1) is 7.11 Å². The molecule has 1 rings (SSSR count). The zero-order chi connectivity index (χ0) is 11.3. The van der Waals surface area contributed by atoms with E-state index in [-0.39, 0.29) is 5.91 Å². The van der Waals surface area contributed by atoms with E-state index in [9.17, 15) is 4.79 Å². The highest BCUT2D eigenvalue weighted by molar-refractivity contribution is 5.75. The minimum atomic E-state index is 0.0276. The SMILES string of the molecule is CON(C)C(=O)C[C@@H](CN)C1CCCC1. The molecule has 4 nitrogen and oxygen atoms in total. The molecule has 0 unspecified atom stereocenters. The lowest BCUT2D eigenvalue weighted by Gasteiger charge is -2.23. The first-order chi connectivity index (χ1) is 7.19. The molecule has 0 aromatic rings. The number of carbonyl (C=O) groups is 1. The smallest absolute Gasteiger partial charge is 0.246 e. The van der Waals surface area contributed by atoms with E-state index in [0.29, 0.717) is 24.8 Å². The van der Waals surface area contributed by atoms with Gasteiger partial charge in [0, 0.05) is 13.5 Å². The van der Waals surface area contributed by atoms with Gasteiger partial charge < -0.3 is 5.73 Å². The Balaban J connectivity index is 2.41. The van der Waals surface area contributed by atoms with Gasteiger partial charge in [-0.05, 0) is 18.4 Å². The number of hydrogen-bond donors (Lipinski definition) is 1. The summed E-state index contributed by atoms with van der Waals surface area (Å²) in [7, 11) is 3.15. The number of hydrogen-bond acceptors (Lipinski definition) is 3.